The molecule has 1 saturated heterocycles. The third-order valence-corrected chi connectivity index (χ3v) is 8.56. The van der Waals surface area contributed by atoms with Crippen molar-refractivity contribution in [3.8, 4) is 11.5 Å². The summed E-state index contributed by atoms with van der Waals surface area (Å²) >= 11 is 0. The normalized spacial score (nSPS) is 26.6. The van der Waals surface area contributed by atoms with E-state index in [0.29, 0.717) is 16.2 Å². The number of nitrogens with zero attached hydrogens (tertiary/aromatic N) is 3. The standard InChI is InChI=1S/C32H27N5O10/c33-32-35-29-21(30(45)36-32)34-12-37(29)18-8-4-1-5-13(18)9-14-10-17-20(23(40)16-7-3-2-6-15(16)22(17)39)25(42)28(14)47-31-27(44)26(43)24(41)19(11-38)46-31/h1-8,10,19,24,26-27,31,38,41-44H,9,11-12H2,(H2,33,36,45)/t19-,24-,26+,27-,31-/m0/s1. The van der Waals surface area contributed by atoms with Crippen LogP contribution in [0.1, 0.15) is 43.0 Å². The van der Waals surface area contributed by atoms with Crippen LogP contribution in [0.2, 0.25) is 0 Å². The summed E-state index contributed by atoms with van der Waals surface area (Å²) in [6, 6.07) is 14.6. The van der Waals surface area contributed by atoms with E-state index in [1.807, 2.05) is 0 Å². The number of hydrogen-bond acceptors (Lipinski definition) is 12. The van der Waals surface area contributed by atoms with Gasteiger partial charge in [0.25, 0.3) is 5.84 Å². The molecule has 1 fully saturated rings. The van der Waals surface area contributed by atoms with Crippen molar-refractivity contribution in [2.24, 2.45) is 15.0 Å². The Morgan fingerprint density at radius 2 is 1.64 bits per heavy atom. The number of amidine groups is 1. The number of rotatable bonds is 6. The lowest BCUT2D eigenvalue weighted by molar-refractivity contribution is -0.723. The number of carbonyl (C=O) groups excluding carboxylic acids is 2. The summed E-state index contributed by atoms with van der Waals surface area (Å²) in [5, 5.41) is 73.0. The quantitative estimate of drug-likeness (QED) is 0.122. The van der Waals surface area contributed by atoms with Gasteiger partial charge in [-0.05, 0) is 12.1 Å². The molecule has 0 bridgehead atoms. The van der Waals surface area contributed by atoms with E-state index < -0.39 is 66.5 Å². The van der Waals surface area contributed by atoms with Gasteiger partial charge in [0, 0.05) is 40.1 Å². The minimum absolute atomic E-state index is 0.0339. The van der Waals surface area contributed by atoms with Gasteiger partial charge in [-0.3, -0.25) is 15.0 Å². The smallest absolute Gasteiger partial charge is 0.262 e. The van der Waals surface area contributed by atoms with E-state index in [2.05, 4.69) is 15.0 Å². The molecule has 0 saturated carbocycles. The molecular formula is C32H27N5O10. The van der Waals surface area contributed by atoms with Gasteiger partial charge in [-0.25, -0.2) is 14.9 Å². The molecule has 0 radical (unpaired) electrons. The van der Waals surface area contributed by atoms with Crippen LogP contribution < -0.4 is 14.7 Å². The lowest BCUT2D eigenvalue weighted by Gasteiger charge is -2.40. The predicted molar refractivity (Wildman–Crippen MR) is 161 cm³/mol. The number of aliphatic imine (C=N–C) groups is 3. The highest BCUT2D eigenvalue weighted by atomic mass is 16.7. The zero-order valence-corrected chi connectivity index (χ0v) is 24.3. The number of aliphatic hydroxyl groups is 4. The number of guanidine groups is 1. The zero-order valence-electron chi connectivity index (χ0n) is 24.3. The van der Waals surface area contributed by atoms with Crippen molar-refractivity contribution in [3.05, 3.63) is 88.0 Å². The number of aromatic hydroxyl groups is 1. The molecule has 15 heteroatoms. The molecule has 3 aromatic rings. The Labute approximate surface area is 265 Å². The van der Waals surface area contributed by atoms with Crippen LogP contribution in [0, 0.1) is 5.41 Å². The predicted octanol–water partition coefficient (Wildman–Crippen LogP) is -2.03. The number of aliphatic hydroxyl groups excluding tert-OH is 4. The highest BCUT2D eigenvalue weighted by Crippen LogP contribution is 2.43. The number of phenols is 1. The third kappa shape index (κ3) is 4.93. The van der Waals surface area contributed by atoms with Crippen molar-refractivity contribution in [2.45, 2.75) is 37.1 Å². The fourth-order valence-corrected chi connectivity index (χ4v) is 6.22. The maximum atomic E-state index is 13.7. The van der Waals surface area contributed by atoms with Crippen LogP contribution in [0.5, 0.6) is 11.5 Å². The number of carbonyl (C=O) groups is 2. The summed E-state index contributed by atoms with van der Waals surface area (Å²) in [6.45, 7) is -0.655. The minimum Gasteiger partial charge on any atom is -0.857 e. The van der Waals surface area contributed by atoms with Crippen LogP contribution in [0.4, 0.5) is 5.69 Å². The summed E-state index contributed by atoms with van der Waals surface area (Å²) in [4.78, 5) is 39.8. The molecule has 240 valence electrons. The first-order valence-corrected chi connectivity index (χ1v) is 14.6. The second-order valence-electron chi connectivity index (χ2n) is 11.3. The molecule has 3 aliphatic heterocycles. The summed E-state index contributed by atoms with van der Waals surface area (Å²) in [7, 11) is 0. The van der Waals surface area contributed by atoms with E-state index >= 15 is 0 Å². The summed E-state index contributed by atoms with van der Waals surface area (Å²) < 4.78 is 11.5. The second kappa shape index (κ2) is 11.6. The zero-order chi connectivity index (χ0) is 33.1. The number of nitrogens with one attached hydrogen (secondary N) is 2. The molecule has 7 rings (SSSR count). The molecule has 3 heterocycles. The number of para-hydroxylation sites is 1. The van der Waals surface area contributed by atoms with Crippen molar-refractivity contribution in [3.63, 3.8) is 0 Å². The van der Waals surface area contributed by atoms with E-state index in [1.165, 1.54) is 18.2 Å². The fourth-order valence-electron chi connectivity index (χ4n) is 6.22. The average Bonchev–Trinajstić information content (AvgIpc) is 3.49. The summed E-state index contributed by atoms with van der Waals surface area (Å²) in [6.07, 6.45) is -8.39. The van der Waals surface area contributed by atoms with E-state index in [4.69, 9.17) is 14.9 Å². The number of ether oxygens (including phenoxy) is 2. The molecule has 15 nitrogen and oxygen atoms in total. The van der Waals surface area contributed by atoms with Crippen molar-refractivity contribution in [1.29, 1.82) is 5.41 Å². The van der Waals surface area contributed by atoms with Gasteiger partial charge in [0.1, 0.15) is 30.1 Å². The number of benzene rings is 3. The van der Waals surface area contributed by atoms with Crippen LogP contribution in [0.25, 0.3) is 0 Å². The number of hydrogen-bond donors (Lipinski definition) is 7. The number of ketones is 2. The van der Waals surface area contributed by atoms with Gasteiger partial charge in [0.2, 0.25) is 12.2 Å². The molecular weight excluding hydrogens is 614 g/mol. The Kier molecular flexibility index (Phi) is 7.51. The summed E-state index contributed by atoms with van der Waals surface area (Å²) in [5.41, 5.74) is 1.21. The van der Waals surface area contributed by atoms with Gasteiger partial charge in [0.05, 0.1) is 12.2 Å². The lowest BCUT2D eigenvalue weighted by Crippen LogP contribution is -3.09. The van der Waals surface area contributed by atoms with Crippen LogP contribution in [0.15, 0.2) is 69.6 Å². The van der Waals surface area contributed by atoms with Gasteiger partial charge in [-0.1, -0.05) is 42.5 Å². The fraction of sp³-hybridized carbons (Fsp3) is 0.250. The number of phenolic OH excluding ortho intramolecular Hbond substituents is 1. The van der Waals surface area contributed by atoms with E-state index in [0.717, 1.165) is 0 Å². The summed E-state index contributed by atoms with van der Waals surface area (Å²) in [5.74, 6) is -3.13. The van der Waals surface area contributed by atoms with Crippen LogP contribution in [-0.4, -0.2) is 104 Å². The van der Waals surface area contributed by atoms with Crippen molar-refractivity contribution >= 4 is 40.7 Å². The van der Waals surface area contributed by atoms with Crippen molar-refractivity contribution < 1.29 is 54.6 Å². The minimum atomic E-state index is -1.84. The molecule has 3 aromatic carbocycles. The van der Waals surface area contributed by atoms with Crippen LogP contribution in [-0.2, 0) is 11.2 Å². The molecule has 47 heavy (non-hydrogen) atoms. The van der Waals surface area contributed by atoms with E-state index in [1.54, 1.807) is 36.4 Å². The molecule has 4 aliphatic rings. The second-order valence-corrected chi connectivity index (χ2v) is 11.3. The monoisotopic (exact) mass is 641 g/mol. The third-order valence-electron chi connectivity index (χ3n) is 8.56. The molecule has 1 aliphatic carbocycles. The Bertz CT molecular complexity index is 1950. The molecule has 0 spiro atoms. The maximum Gasteiger partial charge on any atom is 0.262 e. The van der Waals surface area contributed by atoms with Crippen LogP contribution >= 0.6 is 0 Å². The highest BCUT2D eigenvalue weighted by molar-refractivity contribution is 6.66. The topological polar surface area (TPSA) is 242 Å². The van der Waals surface area contributed by atoms with Crippen molar-refractivity contribution in [1.82, 2.24) is 0 Å². The van der Waals surface area contributed by atoms with E-state index in [9.17, 15) is 40.2 Å². The van der Waals surface area contributed by atoms with Gasteiger partial charge in [-0.15, -0.1) is 0 Å². The largest absolute Gasteiger partial charge is 0.857 e. The van der Waals surface area contributed by atoms with Gasteiger partial charge in [0.15, 0.2) is 35.4 Å². The molecule has 0 aromatic heterocycles. The highest BCUT2D eigenvalue weighted by Gasteiger charge is 2.46. The Morgan fingerprint density at radius 3 is 2.38 bits per heavy atom. The molecule has 1 unspecified atom stereocenters. The maximum absolute atomic E-state index is 13.7. The lowest BCUT2D eigenvalue weighted by atomic mass is 9.82. The Balaban J connectivity index is 1.34. The average molecular weight is 642 g/mol. The molecule has 0 amide bonds. The molecule has 6 atom stereocenters. The number of fused-ring (bicyclic) bond motifs is 3. The van der Waals surface area contributed by atoms with Gasteiger partial charge >= 0.3 is 0 Å². The molecule has 7 N–H and O–H groups in total. The van der Waals surface area contributed by atoms with Crippen molar-refractivity contribution in [2.75, 3.05) is 13.3 Å². The Morgan fingerprint density at radius 1 is 0.936 bits per heavy atom. The first kappa shape index (κ1) is 30.5. The van der Waals surface area contributed by atoms with Gasteiger partial charge < -0.3 is 40.1 Å². The van der Waals surface area contributed by atoms with E-state index in [-0.39, 0.29) is 58.2 Å². The van der Waals surface area contributed by atoms with Gasteiger partial charge in [-0.2, -0.15) is 4.99 Å². The SMILES string of the molecule is N=C1N=C([O-])C2=NC[NH+](c3ccccc3Cc3cc4c(c(O)c3O[C@@H]3O[C@@H](CO)[C@H](O)[C@@H](O)[C@@H]3O)C(=O)c3ccccc3C4=O)C2=N1. The Hall–Kier alpha value is -5.16. The first-order chi connectivity index (χ1) is 22.6. The first-order valence-electron chi connectivity index (χ1n) is 14.6. The van der Waals surface area contributed by atoms with Crippen LogP contribution in [0.3, 0.4) is 0 Å². The number of quaternary nitrogens is 1.